The molecule has 120 valence electrons. The molecule has 0 aromatic heterocycles. The molecule has 0 atom stereocenters. The Labute approximate surface area is 126 Å². The summed E-state index contributed by atoms with van der Waals surface area (Å²) in [6, 6.07) is 5.16. The standard InChI is InChI=1S/C15H17F2NO4/c16-13(17)10-2-1-3-11(8-10)14(21)18-15(9-12(19)20)4-6-22-7-5-15/h1-3,8,13H,4-7,9H2,(H,18,21)(H,19,20). The summed E-state index contributed by atoms with van der Waals surface area (Å²) in [6.07, 6.45) is -2.14. The van der Waals surface area contributed by atoms with Crippen LogP contribution < -0.4 is 5.32 Å². The average molecular weight is 313 g/mol. The second-order valence-electron chi connectivity index (χ2n) is 5.34. The van der Waals surface area contributed by atoms with Gasteiger partial charge in [-0.2, -0.15) is 0 Å². The molecule has 0 saturated carbocycles. The van der Waals surface area contributed by atoms with Gasteiger partial charge >= 0.3 is 5.97 Å². The molecule has 0 aliphatic carbocycles. The molecule has 1 saturated heterocycles. The van der Waals surface area contributed by atoms with E-state index in [1.54, 1.807) is 0 Å². The summed E-state index contributed by atoms with van der Waals surface area (Å²) in [4.78, 5) is 23.3. The number of hydrogen-bond acceptors (Lipinski definition) is 3. The third kappa shape index (κ3) is 4.00. The lowest BCUT2D eigenvalue weighted by molar-refractivity contribution is -0.139. The second kappa shape index (κ2) is 6.83. The first-order valence-electron chi connectivity index (χ1n) is 6.92. The fraction of sp³-hybridized carbons (Fsp3) is 0.467. The van der Waals surface area contributed by atoms with E-state index in [-0.39, 0.29) is 17.5 Å². The predicted octanol–water partition coefficient (Wildman–Crippen LogP) is 2.38. The van der Waals surface area contributed by atoms with Crippen molar-refractivity contribution in [3.05, 3.63) is 35.4 Å². The molecule has 1 aliphatic heterocycles. The molecule has 1 aromatic rings. The van der Waals surface area contributed by atoms with E-state index in [1.165, 1.54) is 18.2 Å². The van der Waals surface area contributed by atoms with Crippen molar-refractivity contribution in [1.29, 1.82) is 0 Å². The van der Waals surface area contributed by atoms with Crippen LogP contribution in [0.4, 0.5) is 8.78 Å². The van der Waals surface area contributed by atoms with Gasteiger partial charge in [-0.25, -0.2) is 8.78 Å². The number of rotatable bonds is 5. The van der Waals surface area contributed by atoms with E-state index in [9.17, 15) is 18.4 Å². The number of aliphatic carboxylic acids is 1. The maximum absolute atomic E-state index is 12.7. The average Bonchev–Trinajstić information content (AvgIpc) is 2.47. The summed E-state index contributed by atoms with van der Waals surface area (Å²) >= 11 is 0. The third-order valence-corrected chi connectivity index (χ3v) is 3.72. The van der Waals surface area contributed by atoms with E-state index >= 15 is 0 Å². The lowest BCUT2D eigenvalue weighted by atomic mass is 9.86. The Morgan fingerprint density at radius 2 is 2.00 bits per heavy atom. The van der Waals surface area contributed by atoms with Crippen LogP contribution in [-0.2, 0) is 9.53 Å². The van der Waals surface area contributed by atoms with Crippen molar-refractivity contribution in [3.8, 4) is 0 Å². The quantitative estimate of drug-likeness (QED) is 0.875. The van der Waals surface area contributed by atoms with Crippen molar-refractivity contribution in [2.24, 2.45) is 0 Å². The Balaban J connectivity index is 2.17. The summed E-state index contributed by atoms with van der Waals surface area (Å²) < 4.78 is 30.6. The number of hydrogen-bond donors (Lipinski definition) is 2. The molecule has 22 heavy (non-hydrogen) atoms. The number of benzene rings is 1. The number of amides is 1. The lowest BCUT2D eigenvalue weighted by Crippen LogP contribution is -2.53. The molecule has 0 radical (unpaired) electrons. The molecule has 5 nitrogen and oxygen atoms in total. The molecule has 1 heterocycles. The first kappa shape index (κ1) is 16.4. The van der Waals surface area contributed by atoms with Gasteiger partial charge in [0.05, 0.1) is 12.0 Å². The first-order valence-corrected chi connectivity index (χ1v) is 6.92. The van der Waals surface area contributed by atoms with Crippen LogP contribution >= 0.6 is 0 Å². The zero-order valence-electron chi connectivity index (χ0n) is 11.9. The lowest BCUT2D eigenvalue weighted by Gasteiger charge is -2.36. The number of halogens is 2. The summed E-state index contributed by atoms with van der Waals surface area (Å²) in [6.45, 7) is 0.704. The van der Waals surface area contributed by atoms with E-state index in [1.807, 2.05) is 0 Å². The van der Waals surface area contributed by atoms with Gasteiger partial charge in [0.2, 0.25) is 0 Å². The highest BCUT2D eigenvalue weighted by atomic mass is 19.3. The number of carbonyl (C=O) groups is 2. The topological polar surface area (TPSA) is 75.6 Å². The number of carboxylic acid groups (broad SMARTS) is 1. The zero-order chi connectivity index (χ0) is 16.2. The van der Waals surface area contributed by atoms with E-state index in [0.29, 0.717) is 26.1 Å². The second-order valence-corrected chi connectivity index (χ2v) is 5.34. The molecule has 1 amide bonds. The van der Waals surface area contributed by atoms with Crippen molar-refractivity contribution in [2.45, 2.75) is 31.2 Å². The van der Waals surface area contributed by atoms with Gasteiger partial charge in [0.1, 0.15) is 0 Å². The van der Waals surface area contributed by atoms with Crippen molar-refractivity contribution in [3.63, 3.8) is 0 Å². The maximum Gasteiger partial charge on any atom is 0.305 e. The molecule has 7 heteroatoms. The molecule has 1 aliphatic rings. The summed E-state index contributed by atoms with van der Waals surface area (Å²) in [5.74, 6) is -1.57. The number of ether oxygens (including phenoxy) is 1. The van der Waals surface area contributed by atoms with Crippen LogP contribution in [0.1, 0.15) is 41.6 Å². The summed E-state index contributed by atoms with van der Waals surface area (Å²) in [5.41, 5.74) is -1.05. The fourth-order valence-corrected chi connectivity index (χ4v) is 2.53. The molecule has 2 N–H and O–H groups in total. The molecule has 2 rings (SSSR count). The summed E-state index contributed by atoms with van der Waals surface area (Å²) in [7, 11) is 0. The van der Waals surface area contributed by atoms with Gasteiger partial charge in [0.15, 0.2) is 0 Å². The van der Waals surface area contributed by atoms with E-state index in [2.05, 4.69) is 5.32 Å². The van der Waals surface area contributed by atoms with E-state index < -0.39 is 23.8 Å². The van der Waals surface area contributed by atoms with E-state index in [0.717, 1.165) is 6.07 Å². The molecule has 0 unspecified atom stereocenters. The van der Waals surface area contributed by atoms with Gasteiger partial charge < -0.3 is 15.2 Å². The maximum atomic E-state index is 12.7. The van der Waals surface area contributed by atoms with Crippen molar-refractivity contribution in [2.75, 3.05) is 13.2 Å². The Bertz CT molecular complexity index is 556. The Hall–Kier alpha value is -2.02. The number of carboxylic acids is 1. The number of nitrogens with one attached hydrogen (secondary N) is 1. The van der Waals surface area contributed by atoms with Gasteiger partial charge in [-0.05, 0) is 25.0 Å². The highest BCUT2D eigenvalue weighted by Gasteiger charge is 2.36. The predicted molar refractivity (Wildman–Crippen MR) is 73.9 cm³/mol. The smallest absolute Gasteiger partial charge is 0.305 e. The van der Waals surface area contributed by atoms with Crippen LogP contribution in [0.3, 0.4) is 0 Å². The third-order valence-electron chi connectivity index (χ3n) is 3.72. The zero-order valence-corrected chi connectivity index (χ0v) is 11.9. The SMILES string of the molecule is O=C(O)CC1(NC(=O)c2cccc(C(F)F)c2)CCOCC1. The molecular formula is C15H17F2NO4. The number of carbonyl (C=O) groups excluding carboxylic acids is 1. The van der Waals surface area contributed by atoms with Crippen molar-refractivity contribution < 1.29 is 28.2 Å². The van der Waals surface area contributed by atoms with Crippen LogP contribution in [0, 0.1) is 0 Å². The fourth-order valence-electron chi connectivity index (χ4n) is 2.53. The van der Waals surface area contributed by atoms with Gasteiger partial charge in [-0.3, -0.25) is 9.59 Å². The Morgan fingerprint density at radius 3 is 2.59 bits per heavy atom. The van der Waals surface area contributed by atoms with Gasteiger partial charge in [-0.1, -0.05) is 12.1 Å². The molecular weight excluding hydrogens is 296 g/mol. The first-order chi connectivity index (χ1) is 10.4. The Kier molecular flexibility index (Phi) is 5.07. The van der Waals surface area contributed by atoms with Crippen molar-refractivity contribution >= 4 is 11.9 Å². The van der Waals surface area contributed by atoms with Crippen LogP contribution in [-0.4, -0.2) is 35.7 Å². The largest absolute Gasteiger partial charge is 0.481 e. The van der Waals surface area contributed by atoms with E-state index in [4.69, 9.17) is 9.84 Å². The van der Waals surface area contributed by atoms with Gasteiger partial charge in [-0.15, -0.1) is 0 Å². The highest BCUT2D eigenvalue weighted by Crippen LogP contribution is 2.26. The molecule has 0 spiro atoms. The minimum absolute atomic E-state index is 0.0917. The van der Waals surface area contributed by atoms with Gasteiger partial charge in [0, 0.05) is 24.3 Å². The summed E-state index contributed by atoms with van der Waals surface area (Å²) in [5, 5.41) is 11.7. The molecule has 1 fully saturated rings. The molecule has 0 bridgehead atoms. The minimum Gasteiger partial charge on any atom is -0.481 e. The van der Waals surface area contributed by atoms with Crippen LogP contribution in [0.25, 0.3) is 0 Å². The Morgan fingerprint density at radius 1 is 1.32 bits per heavy atom. The van der Waals surface area contributed by atoms with Crippen LogP contribution in [0.2, 0.25) is 0 Å². The van der Waals surface area contributed by atoms with Crippen molar-refractivity contribution in [1.82, 2.24) is 5.32 Å². The monoisotopic (exact) mass is 313 g/mol. The van der Waals surface area contributed by atoms with Crippen LogP contribution in [0.5, 0.6) is 0 Å². The number of alkyl halides is 2. The molecule has 1 aromatic carbocycles. The normalized spacial score (nSPS) is 17.2. The minimum atomic E-state index is -2.66. The van der Waals surface area contributed by atoms with Crippen LogP contribution in [0.15, 0.2) is 24.3 Å². The highest BCUT2D eigenvalue weighted by molar-refractivity contribution is 5.95. The van der Waals surface area contributed by atoms with Gasteiger partial charge in [0.25, 0.3) is 12.3 Å².